The van der Waals surface area contributed by atoms with Crippen LogP contribution in [-0.4, -0.2) is 57.7 Å². The number of carbonyl (C=O) groups excluding carboxylic acids is 3. The predicted molar refractivity (Wildman–Crippen MR) is 142 cm³/mol. The van der Waals surface area contributed by atoms with Crippen molar-refractivity contribution in [3.05, 3.63) is 40.9 Å². The summed E-state index contributed by atoms with van der Waals surface area (Å²) < 4.78 is 11.3. The highest BCUT2D eigenvalue weighted by Crippen LogP contribution is 2.52. The molecule has 3 N–H and O–H groups in total. The molecule has 0 saturated carbocycles. The van der Waals surface area contributed by atoms with E-state index in [0.717, 1.165) is 9.89 Å². The van der Waals surface area contributed by atoms with Crippen LogP contribution in [0.25, 0.3) is 0 Å². The third kappa shape index (κ3) is 5.31. The van der Waals surface area contributed by atoms with Gasteiger partial charge in [-0.2, -0.15) is 0 Å². The van der Waals surface area contributed by atoms with Crippen LogP contribution in [0.1, 0.15) is 40.5 Å². The number of amides is 1. The van der Waals surface area contributed by atoms with E-state index in [1.165, 1.54) is 4.90 Å². The van der Waals surface area contributed by atoms with Gasteiger partial charge in [-0.05, 0) is 31.4 Å². The van der Waals surface area contributed by atoms with E-state index in [-0.39, 0.29) is 34.7 Å². The zero-order chi connectivity index (χ0) is 26.1. The summed E-state index contributed by atoms with van der Waals surface area (Å²) in [6.07, 6.45) is 0.551. The zero-order valence-electron chi connectivity index (χ0n) is 20.9. The molecule has 1 amide bonds. The molecule has 3 aliphatic rings. The van der Waals surface area contributed by atoms with Gasteiger partial charge in [0.25, 0.3) is 0 Å². The Morgan fingerprint density at radius 1 is 1.25 bits per heavy atom. The van der Waals surface area contributed by atoms with Crippen LogP contribution < -0.4 is 15.8 Å². The number of hydrogen-bond acceptors (Lipinski definition) is 8. The summed E-state index contributed by atoms with van der Waals surface area (Å²) in [5.74, 6) is -1.36. The van der Waals surface area contributed by atoms with E-state index in [0.29, 0.717) is 25.1 Å². The normalized spacial score (nSPS) is 26.9. The van der Waals surface area contributed by atoms with Crippen LogP contribution in [0.4, 0.5) is 0 Å². The van der Waals surface area contributed by atoms with Crippen molar-refractivity contribution >= 4 is 46.8 Å². The molecule has 36 heavy (non-hydrogen) atoms. The number of β-lactam (4-membered cyclic amide) rings is 1. The molecule has 2 saturated heterocycles. The number of nitrogens with one attached hydrogen (secondary N) is 1. The molecule has 0 aromatic heterocycles. The van der Waals surface area contributed by atoms with Gasteiger partial charge in [0.2, 0.25) is 5.91 Å². The van der Waals surface area contributed by atoms with Crippen molar-refractivity contribution in [1.82, 2.24) is 10.2 Å². The van der Waals surface area contributed by atoms with E-state index < -0.39 is 30.0 Å². The quantitative estimate of drug-likeness (QED) is 0.215. The van der Waals surface area contributed by atoms with Crippen molar-refractivity contribution in [1.29, 1.82) is 0 Å². The molecular weight excluding hydrogens is 498 g/mol. The monoisotopic (exact) mass is 531 g/mol. The standard InChI is InChI=1S/C26H33N3O5S2/c1-13(2)10-18(27)25(31)33-15(4)20-21-14(3)23(36-17-11-19(35)28-12-17)22(29(21)24(20)30)26(32)34-16-8-6-5-7-9-16/h5-9,13-15,17-18,20-21H,10-12,27H2,1-4H3,(H,28,35)/t14-,15-,17-,18+,20-,21-/m1/s1. The molecule has 0 unspecified atom stereocenters. The van der Waals surface area contributed by atoms with E-state index in [4.69, 9.17) is 27.4 Å². The lowest BCUT2D eigenvalue weighted by Gasteiger charge is -2.47. The first-order valence-electron chi connectivity index (χ1n) is 12.3. The Bertz CT molecular complexity index is 1080. The Morgan fingerprint density at radius 2 is 1.94 bits per heavy atom. The van der Waals surface area contributed by atoms with E-state index in [2.05, 4.69) is 5.32 Å². The van der Waals surface area contributed by atoms with Crippen LogP contribution in [0.15, 0.2) is 40.9 Å². The number of fused-ring (bicyclic) bond motifs is 1. The Balaban J connectivity index is 1.55. The number of thiocarbonyl (C=S) groups is 1. The number of carbonyl (C=O) groups is 3. The lowest BCUT2D eigenvalue weighted by molar-refractivity contribution is -0.172. The third-order valence-corrected chi connectivity index (χ3v) is 8.60. The molecular formula is C26H33N3O5S2. The first-order chi connectivity index (χ1) is 17.1. The second-order valence-electron chi connectivity index (χ2n) is 10.1. The number of ether oxygens (including phenoxy) is 2. The van der Waals surface area contributed by atoms with Crippen molar-refractivity contribution in [3.63, 3.8) is 0 Å². The van der Waals surface area contributed by atoms with Crippen molar-refractivity contribution in [3.8, 4) is 5.75 Å². The summed E-state index contributed by atoms with van der Waals surface area (Å²) in [6.45, 7) is 8.39. The summed E-state index contributed by atoms with van der Waals surface area (Å²) in [5, 5.41) is 3.34. The first kappa shape index (κ1) is 26.6. The fraction of sp³-hybridized carbons (Fsp3) is 0.538. The molecule has 3 heterocycles. The van der Waals surface area contributed by atoms with Crippen LogP contribution in [0.3, 0.4) is 0 Å². The number of esters is 2. The van der Waals surface area contributed by atoms with E-state index in [9.17, 15) is 14.4 Å². The highest BCUT2D eigenvalue weighted by atomic mass is 32.2. The van der Waals surface area contributed by atoms with Gasteiger partial charge in [0, 0.05) is 29.0 Å². The first-order valence-corrected chi connectivity index (χ1v) is 13.6. The van der Waals surface area contributed by atoms with Gasteiger partial charge >= 0.3 is 11.9 Å². The maximum atomic E-state index is 13.4. The van der Waals surface area contributed by atoms with Crippen LogP contribution >= 0.6 is 24.0 Å². The minimum Gasteiger partial charge on any atom is -0.461 e. The highest BCUT2D eigenvalue weighted by molar-refractivity contribution is 8.03. The van der Waals surface area contributed by atoms with Gasteiger partial charge in [-0.15, -0.1) is 11.8 Å². The molecule has 6 atom stereocenters. The zero-order valence-corrected chi connectivity index (χ0v) is 22.6. The fourth-order valence-corrected chi connectivity index (χ4v) is 6.90. The number of nitrogens with two attached hydrogens (primary N) is 1. The fourth-order valence-electron chi connectivity index (χ4n) is 5.09. The molecule has 0 bridgehead atoms. The number of para-hydroxylation sites is 1. The molecule has 1 aromatic rings. The molecule has 1 aromatic carbocycles. The Morgan fingerprint density at radius 3 is 2.56 bits per heavy atom. The molecule has 3 aliphatic heterocycles. The van der Waals surface area contributed by atoms with Crippen LogP contribution in [-0.2, 0) is 19.1 Å². The van der Waals surface area contributed by atoms with Crippen molar-refractivity contribution in [2.24, 2.45) is 23.5 Å². The Labute approximate surface area is 221 Å². The van der Waals surface area contributed by atoms with E-state index >= 15 is 0 Å². The lowest BCUT2D eigenvalue weighted by Crippen LogP contribution is -2.64. The van der Waals surface area contributed by atoms with Crippen LogP contribution in [0.5, 0.6) is 5.75 Å². The van der Waals surface area contributed by atoms with Crippen LogP contribution in [0, 0.1) is 17.8 Å². The number of benzene rings is 1. The molecule has 194 valence electrons. The van der Waals surface area contributed by atoms with Crippen LogP contribution in [0.2, 0.25) is 0 Å². The molecule has 0 radical (unpaired) electrons. The molecule has 10 heteroatoms. The molecule has 0 spiro atoms. The maximum Gasteiger partial charge on any atom is 0.361 e. The smallest absolute Gasteiger partial charge is 0.361 e. The average molecular weight is 532 g/mol. The Kier molecular flexibility index (Phi) is 8.06. The Hall–Kier alpha value is -2.43. The maximum absolute atomic E-state index is 13.4. The molecule has 4 rings (SSSR count). The van der Waals surface area contributed by atoms with Gasteiger partial charge in [-0.1, -0.05) is 51.2 Å². The minimum absolute atomic E-state index is 0.129. The van der Waals surface area contributed by atoms with Gasteiger partial charge in [0.05, 0.1) is 16.9 Å². The third-order valence-electron chi connectivity index (χ3n) is 6.81. The minimum atomic E-state index is -0.737. The van der Waals surface area contributed by atoms with Crippen molar-refractivity contribution in [2.45, 2.75) is 64.0 Å². The number of thioether (sulfide) groups is 1. The topological polar surface area (TPSA) is 111 Å². The summed E-state index contributed by atoms with van der Waals surface area (Å²) >= 11 is 6.87. The SMILES string of the molecule is CC(C)C[C@H](N)C(=O)O[C@H](C)[C@H]1C(=O)N2C(C(=O)Oc3ccccc3)=C(S[C@H]3CNC(=S)C3)[C@H](C)[C@H]12. The van der Waals surface area contributed by atoms with Crippen molar-refractivity contribution in [2.75, 3.05) is 6.54 Å². The van der Waals surface area contributed by atoms with Gasteiger partial charge in [0.1, 0.15) is 23.6 Å². The van der Waals surface area contributed by atoms with E-state index in [1.807, 2.05) is 26.8 Å². The largest absolute Gasteiger partial charge is 0.461 e. The second-order valence-corrected chi connectivity index (χ2v) is 11.9. The van der Waals surface area contributed by atoms with Gasteiger partial charge in [0.15, 0.2) is 0 Å². The molecule has 8 nitrogen and oxygen atoms in total. The predicted octanol–water partition coefficient (Wildman–Crippen LogP) is 3.01. The number of rotatable bonds is 9. The second kappa shape index (κ2) is 10.9. The van der Waals surface area contributed by atoms with Crippen molar-refractivity contribution < 1.29 is 23.9 Å². The van der Waals surface area contributed by atoms with Gasteiger partial charge in [-0.25, -0.2) is 4.79 Å². The lowest BCUT2D eigenvalue weighted by atomic mass is 9.79. The van der Waals surface area contributed by atoms with E-state index in [1.54, 1.807) is 43.0 Å². The average Bonchev–Trinajstić information content (AvgIpc) is 3.33. The number of hydrogen-bond donors (Lipinski definition) is 2. The summed E-state index contributed by atoms with van der Waals surface area (Å²) in [7, 11) is 0. The molecule has 0 aliphatic carbocycles. The highest BCUT2D eigenvalue weighted by Gasteiger charge is 2.61. The number of nitrogens with zero attached hydrogens (tertiary/aromatic N) is 1. The summed E-state index contributed by atoms with van der Waals surface area (Å²) in [4.78, 5) is 42.4. The summed E-state index contributed by atoms with van der Waals surface area (Å²) in [5.41, 5.74) is 6.27. The molecule has 2 fully saturated rings. The summed E-state index contributed by atoms with van der Waals surface area (Å²) in [6, 6.07) is 7.75. The van der Waals surface area contributed by atoms with Gasteiger partial charge < -0.3 is 25.4 Å². The van der Waals surface area contributed by atoms with Gasteiger partial charge in [-0.3, -0.25) is 9.59 Å².